The molecule has 2 heterocycles. The van der Waals surface area contributed by atoms with Crippen molar-refractivity contribution in [3.05, 3.63) is 47.5 Å². The lowest BCUT2D eigenvalue weighted by Gasteiger charge is -2.49. The fourth-order valence-corrected chi connectivity index (χ4v) is 5.80. The van der Waals surface area contributed by atoms with Gasteiger partial charge in [0.25, 0.3) is 0 Å². The van der Waals surface area contributed by atoms with Gasteiger partial charge in [0.05, 0.1) is 35.0 Å². The number of benzene rings is 2. The summed E-state index contributed by atoms with van der Waals surface area (Å²) < 4.78 is 36.7. The van der Waals surface area contributed by atoms with Crippen molar-refractivity contribution in [1.82, 2.24) is 0 Å². The van der Waals surface area contributed by atoms with Crippen LogP contribution in [0.1, 0.15) is 11.1 Å². The fourth-order valence-electron chi connectivity index (χ4n) is 5.80. The lowest BCUT2D eigenvalue weighted by atomic mass is 9.78. The Hall–Kier alpha value is -4.38. The maximum atomic E-state index is 13.7. The van der Waals surface area contributed by atoms with Gasteiger partial charge in [-0.05, 0) is 47.5 Å². The molecular formula is C34H42O19. The smallest absolute Gasteiger partial charge is 0.224 e. The van der Waals surface area contributed by atoms with E-state index in [0.717, 1.165) is 18.2 Å². The van der Waals surface area contributed by atoms with Crippen molar-refractivity contribution in [2.24, 2.45) is 0 Å². The van der Waals surface area contributed by atoms with Gasteiger partial charge >= 0.3 is 0 Å². The number of ketones is 2. The van der Waals surface area contributed by atoms with Crippen LogP contribution < -0.4 is 18.9 Å². The molecule has 0 amide bonds. The van der Waals surface area contributed by atoms with Gasteiger partial charge in [0.15, 0.2) is 46.5 Å². The second-order valence-electron chi connectivity index (χ2n) is 12.0. The predicted octanol–water partition coefficient (Wildman–Crippen LogP) is -2.65. The van der Waals surface area contributed by atoms with Gasteiger partial charge in [-0.15, -0.1) is 0 Å². The highest BCUT2D eigenvalue weighted by Gasteiger charge is 2.64. The third-order valence-corrected chi connectivity index (χ3v) is 8.85. The first-order chi connectivity index (χ1) is 25.1. The van der Waals surface area contributed by atoms with E-state index < -0.39 is 85.2 Å². The molecule has 2 aliphatic heterocycles. The van der Waals surface area contributed by atoms with Crippen molar-refractivity contribution in [2.45, 2.75) is 60.4 Å². The number of hydrogen-bond acceptors (Lipinski definition) is 19. The molecule has 10 N–H and O–H groups in total. The van der Waals surface area contributed by atoms with Crippen molar-refractivity contribution in [1.29, 1.82) is 0 Å². The van der Waals surface area contributed by atoms with Gasteiger partial charge in [0.1, 0.15) is 49.3 Å². The van der Waals surface area contributed by atoms with Crippen LogP contribution in [0.2, 0.25) is 0 Å². The first-order valence-electron chi connectivity index (χ1n) is 15.8. The Balaban J connectivity index is 1.73. The Bertz CT molecular complexity index is 1640. The highest BCUT2D eigenvalue weighted by Crippen LogP contribution is 2.41. The highest BCUT2D eigenvalue weighted by atomic mass is 16.8. The number of carbonyl (C=O) groups is 2. The minimum atomic E-state index is -3.37. The second kappa shape index (κ2) is 16.7. The van der Waals surface area contributed by atoms with Crippen LogP contribution in [0.25, 0.3) is 12.2 Å². The van der Waals surface area contributed by atoms with Crippen molar-refractivity contribution >= 4 is 23.7 Å². The van der Waals surface area contributed by atoms with E-state index in [1.165, 1.54) is 52.7 Å². The normalized spacial score (nSPS) is 30.8. The van der Waals surface area contributed by atoms with Gasteiger partial charge in [-0.2, -0.15) is 0 Å². The number of hydrogen-bond donors (Lipinski definition) is 10. The molecule has 0 unspecified atom stereocenters. The lowest BCUT2D eigenvalue weighted by Crippen LogP contribution is -2.73. The number of ether oxygens (including phenoxy) is 7. The molecule has 2 fully saturated rings. The first kappa shape index (κ1) is 41.4. The number of phenols is 2. The summed E-state index contributed by atoms with van der Waals surface area (Å²) in [5.41, 5.74) is -2.98. The number of carbonyl (C=O) groups excluding carboxylic acids is 2. The molecule has 2 aromatic rings. The molecule has 0 aromatic heterocycles. The van der Waals surface area contributed by atoms with Gasteiger partial charge in [0, 0.05) is 0 Å². The number of aromatic hydroxyl groups is 2. The summed E-state index contributed by atoms with van der Waals surface area (Å²) in [6, 6.07) is 5.19. The van der Waals surface area contributed by atoms with Gasteiger partial charge in [-0.1, -0.05) is 12.2 Å². The first-order valence-corrected chi connectivity index (χ1v) is 15.8. The zero-order valence-corrected chi connectivity index (χ0v) is 28.8. The molecule has 19 heteroatoms. The maximum absolute atomic E-state index is 13.7. The molecule has 19 nitrogen and oxygen atoms in total. The Morgan fingerprint density at radius 1 is 0.792 bits per heavy atom. The molecule has 0 saturated carbocycles. The molecule has 10 atom stereocenters. The van der Waals surface area contributed by atoms with Gasteiger partial charge < -0.3 is 84.2 Å². The van der Waals surface area contributed by atoms with Crippen LogP contribution in [0.15, 0.2) is 36.4 Å². The van der Waals surface area contributed by atoms with Crippen LogP contribution in [-0.4, -0.2) is 165 Å². The average molecular weight is 755 g/mol. The summed E-state index contributed by atoms with van der Waals surface area (Å²) in [6.07, 6.45) is -14.0. The summed E-state index contributed by atoms with van der Waals surface area (Å²) in [4.78, 5) is 27.0. The Morgan fingerprint density at radius 2 is 1.26 bits per heavy atom. The Labute approximate surface area is 301 Å². The summed E-state index contributed by atoms with van der Waals surface area (Å²) in [7, 11) is 5.03. The van der Waals surface area contributed by atoms with E-state index >= 15 is 0 Å². The third-order valence-electron chi connectivity index (χ3n) is 8.85. The summed E-state index contributed by atoms with van der Waals surface area (Å²) in [5, 5.41) is 107. The van der Waals surface area contributed by atoms with Crippen molar-refractivity contribution < 1.29 is 93.8 Å². The Kier molecular flexibility index (Phi) is 13.1. The van der Waals surface area contributed by atoms with Crippen LogP contribution in [0.5, 0.6) is 34.5 Å². The molecule has 0 spiro atoms. The van der Waals surface area contributed by atoms with Gasteiger partial charge in [-0.25, -0.2) is 0 Å². The number of methoxy groups -OCH3 is 4. The molecule has 2 aromatic carbocycles. The predicted molar refractivity (Wildman–Crippen MR) is 177 cm³/mol. The monoisotopic (exact) mass is 754 g/mol. The van der Waals surface area contributed by atoms with Crippen LogP contribution in [0.3, 0.4) is 0 Å². The minimum Gasteiger partial charge on any atom is -0.502 e. The van der Waals surface area contributed by atoms with E-state index in [-0.39, 0.29) is 45.6 Å². The standard InChI is InChI=1S/C34H42O19/c1-47-18-9-15(10-19(48-2)25(18)40)5-7-17(37)24(39)28-30(44)34(46,23(38)8-6-16-11-20(49-3)26(41)21(12-16)50-4)31(45)32(51-28)53-33(14-36)29(43)27(42)22(13-35)52-33/h5-12,22,24,27-32,35-36,39-46H,13-14H2,1-4H3/b7-5+,8-6+/t22-,24+,27-,28-,29+,30-,31+,32-,33+,34+/m1/s1. The van der Waals surface area contributed by atoms with E-state index in [9.17, 15) is 60.7 Å². The van der Waals surface area contributed by atoms with E-state index in [2.05, 4.69) is 0 Å². The SMILES string of the molecule is COc1cc(/C=C/C(=O)[C@H](O)[C@H]2O[C@H](O[C@]3(CO)O[C@H](CO)[C@@H](O)[C@@H]3O)[C@H](O)[C@](O)(C(=O)/C=C/c3cc(OC)c(O)c(OC)c3)[C@@H]2O)cc(OC)c1O. The quantitative estimate of drug-likeness (QED) is 0.0831. The van der Waals surface area contributed by atoms with E-state index in [0.29, 0.717) is 6.08 Å². The zero-order valence-electron chi connectivity index (χ0n) is 28.8. The molecule has 292 valence electrons. The molecule has 0 aliphatic carbocycles. The third kappa shape index (κ3) is 7.81. The molecule has 2 saturated heterocycles. The molecule has 0 radical (unpaired) electrons. The van der Waals surface area contributed by atoms with Crippen LogP contribution in [0, 0.1) is 0 Å². The molecule has 2 aliphatic rings. The summed E-state index contributed by atoms with van der Waals surface area (Å²) >= 11 is 0. The molecule has 0 bridgehead atoms. The highest BCUT2D eigenvalue weighted by molar-refractivity contribution is 6.02. The summed E-state index contributed by atoms with van der Waals surface area (Å²) in [6.45, 7) is -2.14. The molecule has 53 heavy (non-hydrogen) atoms. The van der Waals surface area contributed by atoms with E-state index in [1.807, 2.05) is 0 Å². The number of rotatable bonds is 15. The number of aliphatic hydroxyl groups excluding tert-OH is 7. The van der Waals surface area contributed by atoms with E-state index in [1.54, 1.807) is 0 Å². The van der Waals surface area contributed by atoms with Crippen molar-refractivity contribution in [2.75, 3.05) is 41.7 Å². The fraction of sp³-hybridized carbons (Fsp3) is 0.471. The topological polar surface area (TPSA) is 301 Å². The molecule has 4 rings (SSSR count). The average Bonchev–Trinajstić information content (AvgIpc) is 3.41. The van der Waals surface area contributed by atoms with Crippen molar-refractivity contribution in [3.63, 3.8) is 0 Å². The lowest BCUT2D eigenvalue weighted by molar-refractivity contribution is -0.394. The van der Waals surface area contributed by atoms with Gasteiger partial charge in [-0.3, -0.25) is 9.59 Å². The summed E-state index contributed by atoms with van der Waals surface area (Å²) in [5.74, 6) is -6.19. The number of aliphatic hydroxyl groups is 8. The zero-order chi connectivity index (χ0) is 39.4. The van der Waals surface area contributed by atoms with Crippen LogP contribution >= 0.6 is 0 Å². The van der Waals surface area contributed by atoms with Gasteiger partial charge in [0.2, 0.25) is 17.3 Å². The maximum Gasteiger partial charge on any atom is 0.224 e. The van der Waals surface area contributed by atoms with Crippen LogP contribution in [-0.2, 0) is 23.8 Å². The Morgan fingerprint density at radius 3 is 1.68 bits per heavy atom. The molecular weight excluding hydrogens is 712 g/mol. The minimum absolute atomic E-state index is 0.0273. The van der Waals surface area contributed by atoms with Crippen LogP contribution in [0.4, 0.5) is 0 Å². The second-order valence-corrected chi connectivity index (χ2v) is 12.0. The number of phenolic OH excluding ortho intramolecular Hbond substituents is 2. The van der Waals surface area contributed by atoms with E-state index in [4.69, 9.17) is 33.2 Å². The largest absolute Gasteiger partial charge is 0.502 e. The van der Waals surface area contributed by atoms with Crippen molar-refractivity contribution in [3.8, 4) is 34.5 Å².